The molecule has 0 saturated heterocycles. The summed E-state index contributed by atoms with van der Waals surface area (Å²) in [6.45, 7) is 0. The lowest BCUT2D eigenvalue weighted by Gasteiger charge is -2.04. The molecule has 0 aliphatic heterocycles. The second-order valence-corrected chi connectivity index (χ2v) is 4.13. The molecule has 0 atom stereocenters. The largest absolute Gasteiger partial charge is 0.368 e. The van der Waals surface area contributed by atoms with Gasteiger partial charge in [0.1, 0.15) is 10.7 Å². The fourth-order valence-corrected chi connectivity index (χ4v) is 1.82. The number of nitrogen functional groups attached to an aromatic ring is 1. The van der Waals surface area contributed by atoms with Crippen molar-refractivity contribution in [2.75, 3.05) is 5.73 Å². The molecule has 15 heavy (non-hydrogen) atoms. The van der Waals surface area contributed by atoms with E-state index >= 15 is 0 Å². The molecule has 1 aliphatic carbocycles. The van der Waals surface area contributed by atoms with Crippen molar-refractivity contribution in [3.63, 3.8) is 0 Å². The van der Waals surface area contributed by atoms with Crippen molar-refractivity contribution in [1.82, 2.24) is 15.0 Å². The molecule has 0 unspecified atom stereocenters. The van der Waals surface area contributed by atoms with Crippen LogP contribution >= 0.6 is 11.6 Å². The first-order chi connectivity index (χ1) is 7.24. The van der Waals surface area contributed by atoms with Crippen molar-refractivity contribution in [2.24, 2.45) is 0 Å². The van der Waals surface area contributed by atoms with Gasteiger partial charge in [0.05, 0.1) is 11.2 Å². The minimum atomic E-state index is 0.313. The van der Waals surface area contributed by atoms with Crippen LogP contribution in [0.15, 0.2) is 12.1 Å². The molecule has 5 heteroatoms. The number of nitrogens with zero attached hydrogens (tertiary/aromatic N) is 3. The van der Waals surface area contributed by atoms with E-state index in [1.165, 1.54) is 0 Å². The molecule has 2 N–H and O–H groups in total. The minimum absolute atomic E-state index is 0.313. The molecular weight excluding hydrogens is 212 g/mol. The number of hydrogen-bond donors (Lipinski definition) is 1. The molecule has 1 saturated carbocycles. The molecule has 3 rings (SSSR count). The van der Waals surface area contributed by atoms with Crippen LogP contribution in [-0.4, -0.2) is 15.0 Å². The fraction of sp³-hybridized carbons (Fsp3) is 0.300. The maximum Gasteiger partial charge on any atom is 0.220 e. The van der Waals surface area contributed by atoms with Crippen LogP contribution in [-0.2, 0) is 0 Å². The SMILES string of the molecule is Nc1nc(C2CC2)c2nc(Cl)ccc2n1. The molecule has 4 nitrogen and oxygen atoms in total. The van der Waals surface area contributed by atoms with Gasteiger partial charge in [-0.05, 0) is 25.0 Å². The lowest BCUT2D eigenvalue weighted by molar-refractivity contribution is 1.02. The van der Waals surface area contributed by atoms with E-state index in [-0.39, 0.29) is 0 Å². The Hall–Kier alpha value is -1.42. The smallest absolute Gasteiger partial charge is 0.220 e. The molecule has 0 bridgehead atoms. The zero-order valence-corrected chi connectivity index (χ0v) is 8.70. The zero-order valence-electron chi connectivity index (χ0n) is 7.94. The molecule has 2 aromatic rings. The molecule has 0 aromatic carbocycles. The first-order valence-electron chi connectivity index (χ1n) is 4.84. The van der Waals surface area contributed by atoms with Crippen molar-refractivity contribution < 1.29 is 0 Å². The van der Waals surface area contributed by atoms with Gasteiger partial charge >= 0.3 is 0 Å². The van der Waals surface area contributed by atoms with Crippen molar-refractivity contribution in [2.45, 2.75) is 18.8 Å². The number of fused-ring (bicyclic) bond motifs is 1. The second kappa shape index (κ2) is 3.03. The molecule has 0 amide bonds. The van der Waals surface area contributed by atoms with E-state index in [1.807, 2.05) is 6.07 Å². The average Bonchev–Trinajstić information content (AvgIpc) is 3.01. The summed E-state index contributed by atoms with van der Waals surface area (Å²) in [5.74, 6) is 0.803. The quantitative estimate of drug-likeness (QED) is 0.748. The van der Waals surface area contributed by atoms with Gasteiger partial charge in [-0.25, -0.2) is 15.0 Å². The Bertz CT molecular complexity index is 536. The fourth-order valence-electron chi connectivity index (χ4n) is 1.67. The summed E-state index contributed by atoms with van der Waals surface area (Å²) in [5, 5.41) is 0.470. The van der Waals surface area contributed by atoms with Crippen LogP contribution in [0.3, 0.4) is 0 Å². The van der Waals surface area contributed by atoms with E-state index in [2.05, 4.69) is 15.0 Å². The summed E-state index contributed by atoms with van der Waals surface area (Å²) < 4.78 is 0. The van der Waals surface area contributed by atoms with Crippen LogP contribution in [0, 0.1) is 0 Å². The average molecular weight is 221 g/mol. The van der Waals surface area contributed by atoms with Gasteiger partial charge in [-0.15, -0.1) is 0 Å². The Labute approximate surface area is 91.5 Å². The van der Waals surface area contributed by atoms with Crippen LogP contribution in [0.25, 0.3) is 11.0 Å². The summed E-state index contributed by atoms with van der Waals surface area (Å²) in [6, 6.07) is 3.54. The standard InChI is InChI=1S/C10H9ClN4/c11-7-4-3-6-9(14-7)8(5-1-2-5)15-10(12)13-6/h3-5H,1-2H2,(H2,12,13,15). The Kier molecular flexibility index (Phi) is 1.79. The second-order valence-electron chi connectivity index (χ2n) is 3.74. The van der Waals surface area contributed by atoms with Crippen LogP contribution in [0.2, 0.25) is 5.15 Å². The van der Waals surface area contributed by atoms with Crippen LogP contribution in [0.1, 0.15) is 24.5 Å². The molecule has 1 fully saturated rings. The van der Waals surface area contributed by atoms with E-state index in [0.29, 0.717) is 17.0 Å². The number of halogens is 1. The van der Waals surface area contributed by atoms with Gasteiger partial charge in [-0.1, -0.05) is 11.6 Å². The van der Waals surface area contributed by atoms with Crippen molar-refractivity contribution in [3.05, 3.63) is 23.0 Å². The lowest BCUT2D eigenvalue weighted by atomic mass is 10.2. The van der Waals surface area contributed by atoms with Crippen molar-refractivity contribution in [1.29, 1.82) is 0 Å². The summed E-state index contributed by atoms with van der Waals surface area (Å²) >= 11 is 5.86. The Morgan fingerprint density at radius 2 is 2.00 bits per heavy atom. The lowest BCUT2D eigenvalue weighted by Crippen LogP contribution is -2.01. The van der Waals surface area contributed by atoms with E-state index in [4.69, 9.17) is 17.3 Å². The third kappa shape index (κ3) is 1.51. The number of pyridine rings is 1. The third-order valence-corrected chi connectivity index (χ3v) is 2.73. The van der Waals surface area contributed by atoms with E-state index < -0.39 is 0 Å². The molecule has 0 radical (unpaired) electrons. The predicted octanol–water partition coefficient (Wildman–Crippen LogP) is 2.14. The third-order valence-electron chi connectivity index (χ3n) is 2.52. The van der Waals surface area contributed by atoms with E-state index in [1.54, 1.807) is 6.07 Å². The van der Waals surface area contributed by atoms with Gasteiger partial charge in [-0.2, -0.15) is 0 Å². The van der Waals surface area contributed by atoms with Gasteiger partial charge in [0.25, 0.3) is 0 Å². The monoisotopic (exact) mass is 220 g/mol. The van der Waals surface area contributed by atoms with Crippen molar-refractivity contribution in [3.8, 4) is 0 Å². The molecule has 2 aromatic heterocycles. The van der Waals surface area contributed by atoms with Gasteiger partial charge in [0.2, 0.25) is 5.95 Å². The molecule has 2 heterocycles. The van der Waals surface area contributed by atoms with Crippen LogP contribution in [0.4, 0.5) is 5.95 Å². The first kappa shape index (κ1) is 8.85. The summed E-state index contributed by atoms with van der Waals surface area (Å²) in [5.41, 5.74) is 8.15. The first-order valence-corrected chi connectivity index (χ1v) is 5.21. The van der Waals surface area contributed by atoms with Crippen LogP contribution in [0.5, 0.6) is 0 Å². The topological polar surface area (TPSA) is 64.7 Å². The summed E-state index contributed by atoms with van der Waals surface area (Å²) in [7, 11) is 0. The van der Waals surface area contributed by atoms with Crippen molar-refractivity contribution >= 4 is 28.6 Å². The number of rotatable bonds is 1. The predicted molar refractivity (Wildman–Crippen MR) is 58.7 cm³/mol. The number of aromatic nitrogens is 3. The Balaban J connectivity index is 2.34. The minimum Gasteiger partial charge on any atom is -0.368 e. The van der Waals surface area contributed by atoms with E-state index in [9.17, 15) is 0 Å². The maximum absolute atomic E-state index is 5.86. The van der Waals surface area contributed by atoms with Gasteiger partial charge in [0.15, 0.2) is 0 Å². The van der Waals surface area contributed by atoms with Crippen LogP contribution < -0.4 is 5.73 Å². The normalized spacial score (nSPS) is 15.8. The van der Waals surface area contributed by atoms with Gasteiger partial charge in [-0.3, -0.25) is 0 Å². The molecular formula is C10H9ClN4. The highest BCUT2D eigenvalue weighted by molar-refractivity contribution is 6.29. The molecule has 1 aliphatic rings. The van der Waals surface area contributed by atoms with Gasteiger partial charge < -0.3 is 5.73 Å². The number of anilines is 1. The Morgan fingerprint density at radius 1 is 1.20 bits per heavy atom. The molecule has 0 spiro atoms. The highest BCUT2D eigenvalue weighted by Gasteiger charge is 2.28. The molecule has 76 valence electrons. The van der Waals surface area contributed by atoms with Gasteiger partial charge in [0, 0.05) is 5.92 Å². The number of nitrogens with two attached hydrogens (primary N) is 1. The zero-order chi connectivity index (χ0) is 10.4. The summed E-state index contributed by atoms with van der Waals surface area (Å²) in [4.78, 5) is 12.6. The number of hydrogen-bond acceptors (Lipinski definition) is 4. The summed E-state index contributed by atoms with van der Waals surface area (Å²) in [6.07, 6.45) is 2.31. The maximum atomic E-state index is 5.86. The Morgan fingerprint density at radius 3 is 2.73 bits per heavy atom. The van der Waals surface area contributed by atoms with E-state index in [0.717, 1.165) is 29.6 Å². The highest BCUT2D eigenvalue weighted by atomic mass is 35.5. The highest BCUT2D eigenvalue weighted by Crippen LogP contribution is 2.41.